The molecule has 4 aromatic rings. The van der Waals surface area contributed by atoms with E-state index in [1.807, 2.05) is 13.8 Å². The van der Waals surface area contributed by atoms with Crippen molar-refractivity contribution < 1.29 is 31.7 Å². The number of nitrogens with zero attached hydrogens (tertiary/aromatic N) is 4. The number of benzene rings is 4. The Labute approximate surface area is 219 Å². The van der Waals surface area contributed by atoms with Gasteiger partial charge in [-0.2, -0.15) is 18.6 Å². The summed E-state index contributed by atoms with van der Waals surface area (Å²) in [6, 6.07) is 15.4. The molecule has 0 radical (unpaired) electrons. The first-order valence-electron chi connectivity index (χ1n) is 10.8. The van der Waals surface area contributed by atoms with E-state index in [9.17, 15) is 31.7 Å². The van der Waals surface area contributed by atoms with Crippen LogP contribution in [-0.2, 0) is 10.1 Å². The van der Waals surface area contributed by atoms with E-state index in [1.165, 1.54) is 0 Å². The van der Waals surface area contributed by atoms with Crippen molar-refractivity contribution >= 4 is 60.2 Å². The lowest BCUT2D eigenvalue weighted by atomic mass is 10.1. The third kappa shape index (κ3) is 5.65. The highest BCUT2D eigenvalue weighted by Gasteiger charge is 2.29. The minimum atomic E-state index is -4.92. The minimum absolute atomic E-state index is 0.166. The minimum Gasteiger partial charge on any atom is -0.505 e. The zero-order valence-corrected chi connectivity index (χ0v) is 21.6. The molecular weight excluding hydrogens is 534 g/mol. The number of nitrogen functional groups attached to an aromatic ring is 1. The second-order valence-corrected chi connectivity index (χ2v) is 11.2. The molecule has 0 bridgehead atoms. The molecule has 4 rings (SSSR count). The van der Waals surface area contributed by atoms with Gasteiger partial charge in [-0.3, -0.25) is 4.55 Å². The molecule has 14 heteroatoms. The standard InChI is InChI=1S/C24H23N5O7S2/c1-13-3-7-16(8-4-13)26-28-22-18(37(31,32)33)11-15-12-19(38(34,35)36)23(24(30)20(15)21(22)25)29-27-17-9-5-14(2)6-10-17/h3-12,30,34-36H,25H2,1-2H3,(H,31,32,33). The van der Waals surface area contributed by atoms with Crippen molar-refractivity contribution in [1.29, 1.82) is 0 Å². The topological polar surface area (TPSA) is 211 Å². The second-order valence-electron chi connectivity index (χ2n) is 8.37. The van der Waals surface area contributed by atoms with Crippen molar-refractivity contribution in [1.82, 2.24) is 0 Å². The molecule has 0 aliphatic carbocycles. The Balaban J connectivity index is 1.99. The van der Waals surface area contributed by atoms with Gasteiger partial charge in [0.1, 0.15) is 27.1 Å². The molecule has 0 saturated heterocycles. The van der Waals surface area contributed by atoms with E-state index in [4.69, 9.17) is 5.73 Å². The Morgan fingerprint density at radius 3 is 1.58 bits per heavy atom. The van der Waals surface area contributed by atoms with E-state index in [1.54, 1.807) is 48.5 Å². The van der Waals surface area contributed by atoms with Crippen LogP contribution in [0.4, 0.5) is 28.4 Å². The first-order chi connectivity index (χ1) is 17.8. The Hall–Kier alpha value is -3.92. The molecule has 0 aliphatic heterocycles. The van der Waals surface area contributed by atoms with Gasteiger partial charge in [-0.25, -0.2) is 0 Å². The van der Waals surface area contributed by atoms with E-state index < -0.39 is 53.6 Å². The molecule has 38 heavy (non-hydrogen) atoms. The zero-order valence-electron chi connectivity index (χ0n) is 20.0. The van der Waals surface area contributed by atoms with E-state index >= 15 is 0 Å². The second kappa shape index (κ2) is 10.1. The van der Waals surface area contributed by atoms with Crippen molar-refractivity contribution in [3.05, 3.63) is 71.8 Å². The highest BCUT2D eigenvalue weighted by atomic mass is 32.3. The van der Waals surface area contributed by atoms with Crippen LogP contribution < -0.4 is 5.73 Å². The lowest BCUT2D eigenvalue weighted by molar-refractivity contribution is 0.375. The Kier molecular flexibility index (Phi) is 7.20. The van der Waals surface area contributed by atoms with Crippen molar-refractivity contribution in [3.8, 4) is 5.75 Å². The highest BCUT2D eigenvalue weighted by molar-refractivity contribution is 8.19. The Bertz CT molecular complexity index is 1700. The van der Waals surface area contributed by atoms with Gasteiger partial charge in [0.15, 0.2) is 5.75 Å². The zero-order chi connectivity index (χ0) is 27.8. The van der Waals surface area contributed by atoms with E-state index in [-0.39, 0.29) is 10.8 Å². The maximum absolute atomic E-state index is 12.2. The molecule has 12 nitrogen and oxygen atoms in total. The maximum Gasteiger partial charge on any atom is 0.296 e. The summed E-state index contributed by atoms with van der Waals surface area (Å²) in [5.74, 6) is -0.742. The van der Waals surface area contributed by atoms with Crippen LogP contribution in [0, 0.1) is 13.8 Å². The summed E-state index contributed by atoms with van der Waals surface area (Å²) < 4.78 is 64.3. The van der Waals surface area contributed by atoms with Gasteiger partial charge < -0.3 is 24.5 Å². The summed E-state index contributed by atoms with van der Waals surface area (Å²) in [7, 11) is -9.41. The van der Waals surface area contributed by atoms with Crippen molar-refractivity contribution in [2.24, 2.45) is 20.5 Å². The summed E-state index contributed by atoms with van der Waals surface area (Å²) in [6.45, 7) is 3.73. The molecule has 0 aliphatic rings. The summed E-state index contributed by atoms with van der Waals surface area (Å²) in [4.78, 5) is -1.40. The molecule has 7 N–H and O–H groups in total. The molecule has 198 valence electrons. The predicted octanol–water partition coefficient (Wildman–Crippen LogP) is 7.40. The van der Waals surface area contributed by atoms with Gasteiger partial charge in [-0.1, -0.05) is 35.4 Å². The van der Waals surface area contributed by atoms with Crippen LogP contribution in [0.25, 0.3) is 10.8 Å². The molecule has 0 unspecified atom stereocenters. The van der Waals surface area contributed by atoms with Gasteiger partial charge in [0, 0.05) is 0 Å². The summed E-state index contributed by atoms with van der Waals surface area (Å²) in [6.07, 6.45) is 0. The number of hydrogen-bond donors (Lipinski definition) is 6. The van der Waals surface area contributed by atoms with Gasteiger partial charge in [-0.15, -0.1) is 10.2 Å². The Morgan fingerprint density at radius 2 is 1.13 bits per heavy atom. The lowest BCUT2D eigenvalue weighted by Crippen LogP contribution is -2.03. The van der Waals surface area contributed by atoms with Gasteiger partial charge >= 0.3 is 0 Å². The number of aromatic hydroxyl groups is 1. The fraction of sp³-hybridized carbons (Fsp3) is 0.0833. The number of rotatable bonds is 6. The summed E-state index contributed by atoms with van der Waals surface area (Å²) in [5.41, 5.74) is 7.45. The number of azo groups is 2. The van der Waals surface area contributed by atoms with Crippen LogP contribution in [-0.4, -0.2) is 31.7 Å². The van der Waals surface area contributed by atoms with Gasteiger partial charge in [-0.05, 0) is 55.6 Å². The molecule has 0 amide bonds. The molecule has 0 atom stereocenters. The molecular formula is C24H23N5O7S2. The quantitative estimate of drug-likeness (QED) is 0.0796. The van der Waals surface area contributed by atoms with Gasteiger partial charge in [0.2, 0.25) is 0 Å². The number of phenols is 1. The van der Waals surface area contributed by atoms with Crippen LogP contribution in [0.3, 0.4) is 0 Å². The van der Waals surface area contributed by atoms with Crippen LogP contribution in [0.2, 0.25) is 0 Å². The highest BCUT2D eigenvalue weighted by Crippen LogP contribution is 2.56. The van der Waals surface area contributed by atoms with Crippen molar-refractivity contribution in [2.75, 3.05) is 5.73 Å². The SMILES string of the molecule is Cc1ccc(N=Nc2c(S(=O)(=O)O)cc3cc(S(O)(O)O)c(N=Nc4ccc(C)cc4)c(O)c3c2N)cc1. The average molecular weight is 558 g/mol. The lowest BCUT2D eigenvalue weighted by Gasteiger charge is -2.22. The molecule has 0 heterocycles. The number of phenolic OH excluding ortho intramolecular Hbond substituents is 1. The van der Waals surface area contributed by atoms with E-state index in [2.05, 4.69) is 20.5 Å². The van der Waals surface area contributed by atoms with Crippen LogP contribution in [0.5, 0.6) is 5.75 Å². The molecule has 0 spiro atoms. The molecule has 4 aromatic carbocycles. The van der Waals surface area contributed by atoms with Crippen LogP contribution in [0.15, 0.2) is 90.9 Å². The fourth-order valence-electron chi connectivity index (χ4n) is 3.55. The van der Waals surface area contributed by atoms with Crippen LogP contribution >= 0.6 is 10.9 Å². The third-order valence-corrected chi connectivity index (χ3v) is 7.25. The predicted molar refractivity (Wildman–Crippen MR) is 144 cm³/mol. The van der Waals surface area contributed by atoms with Gasteiger partial charge in [0.25, 0.3) is 10.1 Å². The monoisotopic (exact) mass is 557 g/mol. The largest absolute Gasteiger partial charge is 0.505 e. The fourth-order valence-corrected chi connectivity index (χ4v) is 4.91. The number of anilines is 1. The number of aryl methyl sites for hydroxylation is 2. The molecule has 0 saturated carbocycles. The van der Waals surface area contributed by atoms with Crippen LogP contribution in [0.1, 0.15) is 11.1 Å². The number of fused-ring (bicyclic) bond motifs is 1. The maximum atomic E-state index is 12.2. The summed E-state index contributed by atoms with van der Waals surface area (Å²) >= 11 is 0. The first kappa shape index (κ1) is 27.1. The normalized spacial score (nSPS) is 13.1. The van der Waals surface area contributed by atoms with Crippen molar-refractivity contribution in [2.45, 2.75) is 23.6 Å². The average Bonchev–Trinajstić information content (AvgIpc) is 2.83. The smallest absolute Gasteiger partial charge is 0.296 e. The van der Waals surface area contributed by atoms with E-state index in [0.29, 0.717) is 11.4 Å². The number of nitrogens with two attached hydrogens (primary N) is 1. The van der Waals surface area contributed by atoms with Gasteiger partial charge in [0.05, 0.1) is 27.3 Å². The summed E-state index contributed by atoms with van der Waals surface area (Å²) in [5, 5.41) is 26.5. The molecule has 0 fully saturated rings. The first-order valence-corrected chi connectivity index (χ1v) is 13.8. The van der Waals surface area contributed by atoms with Crippen molar-refractivity contribution in [3.63, 3.8) is 0 Å². The third-order valence-electron chi connectivity index (χ3n) is 5.49. The number of hydrogen-bond acceptors (Lipinski definition) is 11. The molecule has 0 aromatic heterocycles. The Morgan fingerprint density at radius 1 is 0.684 bits per heavy atom. The van der Waals surface area contributed by atoms with E-state index in [0.717, 1.165) is 23.3 Å².